The van der Waals surface area contributed by atoms with Crippen LogP contribution in [0.2, 0.25) is 0 Å². The highest BCUT2D eigenvalue weighted by atomic mass is 15.1. The third kappa shape index (κ3) is 4.43. The van der Waals surface area contributed by atoms with E-state index in [9.17, 15) is 0 Å². The van der Waals surface area contributed by atoms with Crippen molar-refractivity contribution in [3.63, 3.8) is 0 Å². The number of benzene rings is 4. The second-order valence-corrected chi connectivity index (χ2v) is 6.07. The fourth-order valence-electron chi connectivity index (χ4n) is 2.67. The van der Waals surface area contributed by atoms with E-state index in [1.807, 2.05) is 109 Å². The zero-order chi connectivity index (χ0) is 19.0. The third-order valence-electron chi connectivity index (χ3n) is 4.04. The van der Waals surface area contributed by atoms with Gasteiger partial charge in [-0.05, 0) is 48.5 Å². The number of hydrogen-bond acceptors (Lipinski definition) is 4. The lowest BCUT2D eigenvalue weighted by Crippen LogP contribution is -1.85. The molecular weight excluding hydrogens is 344 g/mol. The summed E-state index contributed by atoms with van der Waals surface area (Å²) < 4.78 is 0. The van der Waals surface area contributed by atoms with Crippen molar-refractivity contribution in [1.29, 1.82) is 0 Å². The van der Waals surface area contributed by atoms with Crippen LogP contribution < -0.4 is 0 Å². The molecule has 5 aromatic rings. The highest BCUT2D eigenvalue weighted by Crippen LogP contribution is 2.17. The molecule has 0 amide bonds. The molecule has 0 spiro atoms. The van der Waals surface area contributed by atoms with E-state index < -0.39 is 0 Å². The molecule has 0 bridgehead atoms. The molecule has 0 N–H and O–H groups in total. The summed E-state index contributed by atoms with van der Waals surface area (Å²) in [6, 6.07) is 35.2. The van der Waals surface area contributed by atoms with Crippen LogP contribution in [0.1, 0.15) is 0 Å². The largest absolute Gasteiger partial charge is 0.245 e. The number of fused-ring (bicyclic) bond motifs is 2. The van der Waals surface area contributed by atoms with Crippen LogP contribution in [0.3, 0.4) is 0 Å². The molecule has 5 rings (SSSR count). The second-order valence-electron chi connectivity index (χ2n) is 6.07. The molecule has 0 saturated heterocycles. The Morgan fingerprint density at radius 1 is 0.357 bits per heavy atom. The Labute approximate surface area is 163 Å². The smallest absolute Gasteiger partial charge is 0.0894 e. The molecule has 0 radical (unpaired) electrons. The Hall–Kier alpha value is -3.92. The van der Waals surface area contributed by atoms with Gasteiger partial charge in [0.05, 0.1) is 33.4 Å². The molecule has 0 fully saturated rings. The van der Waals surface area contributed by atoms with Crippen molar-refractivity contribution in [3.8, 4) is 0 Å². The fourth-order valence-corrected chi connectivity index (χ4v) is 2.67. The maximum Gasteiger partial charge on any atom is 0.0894 e. The molecular formula is C24H18N4. The molecule has 1 heterocycles. The maximum absolute atomic E-state index is 4.52. The van der Waals surface area contributed by atoms with Crippen molar-refractivity contribution >= 4 is 33.4 Å². The third-order valence-corrected chi connectivity index (χ3v) is 4.04. The number of para-hydroxylation sites is 4. The maximum atomic E-state index is 4.52. The minimum Gasteiger partial charge on any atom is -0.245 e. The van der Waals surface area contributed by atoms with E-state index >= 15 is 0 Å². The summed E-state index contributed by atoms with van der Waals surface area (Å²) >= 11 is 0. The Balaban J connectivity index is 0.000000137. The molecule has 4 heteroatoms. The second kappa shape index (κ2) is 8.64. The van der Waals surface area contributed by atoms with Crippen LogP contribution in [0.5, 0.6) is 0 Å². The average molecular weight is 362 g/mol. The summed E-state index contributed by atoms with van der Waals surface area (Å²) in [6.07, 6.45) is 0. The van der Waals surface area contributed by atoms with E-state index in [0.29, 0.717) is 0 Å². The first kappa shape index (κ1) is 17.5. The van der Waals surface area contributed by atoms with Crippen LogP contribution >= 0.6 is 0 Å². The van der Waals surface area contributed by atoms with Gasteiger partial charge in [0.15, 0.2) is 0 Å². The van der Waals surface area contributed by atoms with Crippen LogP contribution in [0, 0.1) is 0 Å². The first-order valence-electron chi connectivity index (χ1n) is 9.02. The van der Waals surface area contributed by atoms with Gasteiger partial charge in [-0.15, -0.1) is 0 Å². The lowest BCUT2D eigenvalue weighted by Gasteiger charge is -1.98. The van der Waals surface area contributed by atoms with Crippen LogP contribution in [-0.4, -0.2) is 9.97 Å². The van der Waals surface area contributed by atoms with Gasteiger partial charge < -0.3 is 0 Å². The van der Waals surface area contributed by atoms with Gasteiger partial charge in [0.25, 0.3) is 0 Å². The minimum atomic E-state index is 0.872. The SMILES string of the molecule is c1ccc(N=Nc2ccccc2)cc1.c1ccc2nc3ccccc3nc2c1. The lowest BCUT2D eigenvalue weighted by molar-refractivity contribution is 1.23. The van der Waals surface area contributed by atoms with Gasteiger partial charge >= 0.3 is 0 Å². The van der Waals surface area contributed by atoms with E-state index in [4.69, 9.17) is 0 Å². The van der Waals surface area contributed by atoms with Crippen LogP contribution in [0.25, 0.3) is 22.1 Å². The van der Waals surface area contributed by atoms with Gasteiger partial charge in [0, 0.05) is 0 Å². The van der Waals surface area contributed by atoms with Crippen LogP contribution in [0.4, 0.5) is 11.4 Å². The molecule has 0 atom stereocenters. The lowest BCUT2D eigenvalue weighted by atomic mass is 10.2. The zero-order valence-electron chi connectivity index (χ0n) is 15.2. The van der Waals surface area contributed by atoms with E-state index in [1.165, 1.54) is 0 Å². The van der Waals surface area contributed by atoms with Gasteiger partial charge in [0.1, 0.15) is 0 Å². The first-order chi connectivity index (χ1) is 13.9. The fraction of sp³-hybridized carbons (Fsp3) is 0. The van der Waals surface area contributed by atoms with Gasteiger partial charge in [-0.1, -0.05) is 60.7 Å². The summed E-state index contributed by atoms with van der Waals surface area (Å²) in [7, 11) is 0. The Kier molecular flexibility index (Phi) is 5.40. The summed E-state index contributed by atoms with van der Waals surface area (Å²) in [5.74, 6) is 0. The first-order valence-corrected chi connectivity index (χ1v) is 9.02. The number of rotatable bonds is 2. The van der Waals surface area contributed by atoms with E-state index in [2.05, 4.69) is 20.2 Å². The summed E-state index contributed by atoms with van der Waals surface area (Å²) in [6.45, 7) is 0. The standard InChI is InChI=1S/C12H8N2.C12H10N2/c1-2-6-10-9(5-1)13-11-7-3-4-8-12(11)14-10;1-3-7-11(8-4-1)13-14-12-9-5-2-6-10-12/h1-8H;1-10H. The molecule has 0 aliphatic heterocycles. The van der Waals surface area contributed by atoms with Crippen molar-refractivity contribution in [1.82, 2.24) is 9.97 Å². The number of hydrogen-bond donors (Lipinski definition) is 0. The van der Waals surface area contributed by atoms with Crippen LogP contribution in [0.15, 0.2) is 119 Å². The molecule has 4 nitrogen and oxygen atoms in total. The topological polar surface area (TPSA) is 50.5 Å². The number of aromatic nitrogens is 2. The van der Waals surface area contributed by atoms with Crippen molar-refractivity contribution in [3.05, 3.63) is 109 Å². The predicted molar refractivity (Wildman–Crippen MR) is 114 cm³/mol. The summed E-state index contributed by atoms with van der Waals surface area (Å²) in [5.41, 5.74) is 5.54. The van der Waals surface area contributed by atoms with E-state index in [1.54, 1.807) is 0 Å². The summed E-state index contributed by atoms with van der Waals surface area (Å²) in [5, 5.41) is 8.20. The molecule has 134 valence electrons. The van der Waals surface area contributed by atoms with Crippen molar-refractivity contribution < 1.29 is 0 Å². The summed E-state index contributed by atoms with van der Waals surface area (Å²) in [4.78, 5) is 9.03. The number of nitrogens with zero attached hydrogens (tertiary/aromatic N) is 4. The highest BCUT2D eigenvalue weighted by molar-refractivity contribution is 5.85. The zero-order valence-corrected chi connectivity index (χ0v) is 15.2. The normalized spacial score (nSPS) is 10.7. The van der Waals surface area contributed by atoms with Gasteiger partial charge in [-0.2, -0.15) is 10.2 Å². The molecule has 0 aliphatic carbocycles. The van der Waals surface area contributed by atoms with E-state index in [0.717, 1.165) is 33.4 Å². The average Bonchev–Trinajstić information content (AvgIpc) is 2.78. The van der Waals surface area contributed by atoms with Crippen molar-refractivity contribution in [2.24, 2.45) is 10.2 Å². The molecule has 28 heavy (non-hydrogen) atoms. The Morgan fingerprint density at radius 3 is 0.964 bits per heavy atom. The minimum absolute atomic E-state index is 0.872. The predicted octanol–water partition coefficient (Wildman–Crippen LogP) is 6.89. The van der Waals surface area contributed by atoms with E-state index in [-0.39, 0.29) is 0 Å². The monoisotopic (exact) mass is 362 g/mol. The van der Waals surface area contributed by atoms with Gasteiger partial charge in [0.2, 0.25) is 0 Å². The van der Waals surface area contributed by atoms with Gasteiger partial charge in [-0.25, -0.2) is 9.97 Å². The molecule has 0 saturated carbocycles. The highest BCUT2D eigenvalue weighted by Gasteiger charge is 1.98. The molecule has 1 aromatic heterocycles. The van der Waals surface area contributed by atoms with Gasteiger partial charge in [-0.3, -0.25) is 0 Å². The molecule has 0 unspecified atom stereocenters. The van der Waals surface area contributed by atoms with Crippen molar-refractivity contribution in [2.45, 2.75) is 0 Å². The van der Waals surface area contributed by atoms with Crippen molar-refractivity contribution in [2.75, 3.05) is 0 Å². The number of azo groups is 1. The van der Waals surface area contributed by atoms with Crippen LogP contribution in [-0.2, 0) is 0 Å². The quantitative estimate of drug-likeness (QED) is 0.254. The molecule has 0 aliphatic rings. The Bertz CT molecular complexity index is 1060. The molecule has 4 aromatic carbocycles. The Morgan fingerprint density at radius 2 is 0.643 bits per heavy atom.